The second kappa shape index (κ2) is 6.91. The number of hydrogen-bond donors (Lipinski definition) is 1. The molecule has 2 aromatic rings. The number of guanidine groups is 1. The zero-order chi connectivity index (χ0) is 18.8. The summed E-state index contributed by atoms with van der Waals surface area (Å²) in [5.74, 6) is -1.60. The number of carbonyl (C=O) groups is 2. The Morgan fingerprint density at radius 1 is 1.19 bits per heavy atom. The molecule has 1 aliphatic rings. The molecule has 1 aromatic heterocycles. The van der Waals surface area contributed by atoms with Crippen molar-refractivity contribution in [3.8, 4) is 0 Å². The van der Waals surface area contributed by atoms with Crippen molar-refractivity contribution in [2.75, 3.05) is 4.90 Å². The van der Waals surface area contributed by atoms with E-state index in [2.05, 4.69) is 20.3 Å². The molecule has 1 aliphatic heterocycles. The smallest absolute Gasteiger partial charge is 0.253 e. The number of aliphatic carboxylic acids is 1. The van der Waals surface area contributed by atoms with Crippen molar-refractivity contribution in [2.45, 2.75) is 33.2 Å². The first-order chi connectivity index (χ1) is 12.3. The fraction of sp³-hybridized carbons (Fsp3) is 0.278. The van der Waals surface area contributed by atoms with E-state index in [4.69, 9.17) is 0 Å². The Bertz CT molecular complexity index is 872. The van der Waals surface area contributed by atoms with Crippen molar-refractivity contribution in [3.05, 3.63) is 47.3 Å². The van der Waals surface area contributed by atoms with Crippen LogP contribution in [0.15, 0.2) is 35.3 Å². The van der Waals surface area contributed by atoms with Gasteiger partial charge in [0.05, 0.1) is 18.4 Å². The monoisotopic (exact) mass is 352 g/mol. The van der Waals surface area contributed by atoms with Gasteiger partial charge in [0.1, 0.15) is 0 Å². The summed E-state index contributed by atoms with van der Waals surface area (Å²) in [5.41, 5.74) is 3.04. The molecule has 26 heavy (non-hydrogen) atoms. The molecule has 1 fully saturated rings. The second-order valence-electron chi connectivity index (χ2n) is 6.18. The number of anilines is 1. The van der Waals surface area contributed by atoms with Crippen LogP contribution in [-0.2, 0) is 9.59 Å². The Morgan fingerprint density at radius 2 is 1.81 bits per heavy atom. The Labute approximate surface area is 150 Å². The van der Waals surface area contributed by atoms with Crippen LogP contribution >= 0.6 is 0 Å². The molecular formula is C18H18N5O3-. The van der Waals surface area contributed by atoms with Crippen LogP contribution < -0.4 is 15.3 Å². The normalized spacial score (nSPS) is 18.7. The minimum absolute atomic E-state index is 0.0595. The van der Waals surface area contributed by atoms with Gasteiger partial charge in [-0.2, -0.15) is 4.99 Å². The Balaban J connectivity index is 2.11. The molecule has 3 rings (SSSR count). The van der Waals surface area contributed by atoms with E-state index in [1.54, 1.807) is 32.0 Å². The number of aryl methyl sites for hydroxylation is 3. The molecule has 1 saturated heterocycles. The predicted molar refractivity (Wildman–Crippen MR) is 93.8 cm³/mol. The molecule has 0 saturated carbocycles. The third-order valence-corrected chi connectivity index (χ3v) is 3.93. The van der Waals surface area contributed by atoms with Gasteiger partial charge in [0, 0.05) is 17.1 Å². The summed E-state index contributed by atoms with van der Waals surface area (Å²) in [6.07, 6.45) is -0.233. The molecule has 0 spiro atoms. The molecule has 1 amide bonds. The molecule has 1 N–H and O–H groups in total. The minimum atomic E-state index is -1.35. The molecule has 0 bridgehead atoms. The lowest BCUT2D eigenvalue weighted by atomic mass is 10.1. The van der Waals surface area contributed by atoms with Crippen LogP contribution in [-0.4, -0.2) is 33.8 Å². The maximum absolute atomic E-state index is 12.0. The molecular weight excluding hydrogens is 334 g/mol. The topological polar surface area (TPSA) is 111 Å². The molecule has 1 atom stereocenters. The van der Waals surface area contributed by atoms with E-state index in [-0.39, 0.29) is 18.3 Å². The Hall–Kier alpha value is -3.29. The number of benzene rings is 1. The van der Waals surface area contributed by atoms with Crippen molar-refractivity contribution in [3.63, 3.8) is 0 Å². The van der Waals surface area contributed by atoms with Gasteiger partial charge in [-0.25, -0.2) is 9.97 Å². The van der Waals surface area contributed by atoms with Crippen molar-refractivity contribution < 1.29 is 14.7 Å². The lowest BCUT2D eigenvalue weighted by Crippen LogP contribution is -2.61. The van der Waals surface area contributed by atoms with Gasteiger partial charge in [0.2, 0.25) is 11.9 Å². The quantitative estimate of drug-likeness (QED) is 0.863. The van der Waals surface area contributed by atoms with Gasteiger partial charge in [-0.1, -0.05) is 17.7 Å². The summed E-state index contributed by atoms with van der Waals surface area (Å²) < 4.78 is 0. The van der Waals surface area contributed by atoms with Gasteiger partial charge in [-0.15, -0.1) is 0 Å². The zero-order valence-electron chi connectivity index (χ0n) is 14.7. The molecule has 134 valence electrons. The summed E-state index contributed by atoms with van der Waals surface area (Å²) >= 11 is 0. The highest BCUT2D eigenvalue weighted by Gasteiger charge is 2.33. The third-order valence-electron chi connectivity index (χ3n) is 3.93. The molecule has 2 heterocycles. The number of hydrogen-bond acceptors (Lipinski definition) is 6. The molecule has 8 heteroatoms. The van der Waals surface area contributed by atoms with E-state index < -0.39 is 17.9 Å². The highest BCUT2D eigenvalue weighted by Crippen LogP contribution is 2.23. The molecule has 0 radical (unpaired) electrons. The fourth-order valence-electron chi connectivity index (χ4n) is 2.78. The van der Waals surface area contributed by atoms with Crippen molar-refractivity contribution in [1.29, 1.82) is 0 Å². The first kappa shape index (κ1) is 17.5. The number of nitrogens with zero attached hydrogens (tertiary/aromatic N) is 4. The van der Waals surface area contributed by atoms with Gasteiger partial charge >= 0.3 is 0 Å². The standard InChI is InChI=1S/C18H19N5O3/c1-10-4-6-13(7-5-10)23-14(16(25)26)9-15(24)21-18(23)22-17-19-11(2)8-12(3)20-17/h4-8,14H,9H2,1-3H3,(H,25,26)(H,19,20,21,22,24)/p-1/t14-/m0/s1. The molecule has 8 nitrogen and oxygen atoms in total. The van der Waals surface area contributed by atoms with Crippen LogP contribution in [0.5, 0.6) is 0 Å². The van der Waals surface area contributed by atoms with Gasteiger partial charge in [0.25, 0.3) is 5.95 Å². The predicted octanol–water partition coefficient (Wildman–Crippen LogP) is 0.534. The zero-order valence-corrected chi connectivity index (χ0v) is 14.7. The van der Waals surface area contributed by atoms with E-state index in [0.717, 1.165) is 17.0 Å². The summed E-state index contributed by atoms with van der Waals surface area (Å²) in [4.78, 5) is 37.8. The SMILES string of the molecule is Cc1ccc(N2/C(=N/c3nc(C)cc(C)n3)NC(=O)C[C@H]2C(=O)[O-])cc1. The van der Waals surface area contributed by atoms with E-state index >= 15 is 0 Å². The molecule has 0 unspecified atom stereocenters. The number of rotatable bonds is 3. The number of carboxylic acid groups (broad SMARTS) is 1. The molecule has 1 aromatic carbocycles. The number of aliphatic imine (C=N–C) groups is 1. The van der Waals surface area contributed by atoms with Crippen molar-refractivity contribution in [2.24, 2.45) is 4.99 Å². The second-order valence-corrected chi connectivity index (χ2v) is 6.18. The van der Waals surface area contributed by atoms with E-state index in [1.807, 2.05) is 19.1 Å². The van der Waals surface area contributed by atoms with Gasteiger partial charge in [-0.05, 0) is 39.0 Å². The first-order valence-corrected chi connectivity index (χ1v) is 8.11. The number of aromatic nitrogens is 2. The maximum Gasteiger partial charge on any atom is 0.253 e. The summed E-state index contributed by atoms with van der Waals surface area (Å²) in [6, 6.07) is 7.86. The number of carbonyl (C=O) groups excluding carboxylic acids is 2. The highest BCUT2D eigenvalue weighted by molar-refractivity contribution is 6.13. The molecule has 0 aliphatic carbocycles. The lowest BCUT2D eigenvalue weighted by Gasteiger charge is -2.38. The minimum Gasteiger partial charge on any atom is -0.548 e. The van der Waals surface area contributed by atoms with Crippen molar-refractivity contribution in [1.82, 2.24) is 15.3 Å². The largest absolute Gasteiger partial charge is 0.548 e. The van der Waals surface area contributed by atoms with Gasteiger partial charge in [0.15, 0.2) is 0 Å². The summed E-state index contributed by atoms with van der Waals surface area (Å²) in [5, 5.41) is 14.3. The van der Waals surface area contributed by atoms with Crippen LogP contribution in [0, 0.1) is 20.8 Å². The van der Waals surface area contributed by atoms with Crippen LogP contribution in [0.25, 0.3) is 0 Å². The Morgan fingerprint density at radius 3 is 2.38 bits per heavy atom. The van der Waals surface area contributed by atoms with Crippen LogP contribution in [0.3, 0.4) is 0 Å². The summed E-state index contributed by atoms with van der Waals surface area (Å²) in [6.45, 7) is 5.54. The van der Waals surface area contributed by atoms with E-state index in [0.29, 0.717) is 5.69 Å². The van der Waals surface area contributed by atoms with E-state index in [9.17, 15) is 14.7 Å². The Kier molecular flexibility index (Phi) is 4.66. The number of nitrogens with one attached hydrogen (secondary N) is 1. The van der Waals surface area contributed by atoms with Crippen LogP contribution in [0.2, 0.25) is 0 Å². The van der Waals surface area contributed by atoms with Gasteiger partial charge in [-0.3, -0.25) is 10.1 Å². The lowest BCUT2D eigenvalue weighted by molar-refractivity contribution is -0.307. The van der Waals surface area contributed by atoms with Crippen LogP contribution in [0.1, 0.15) is 23.4 Å². The average Bonchev–Trinajstić information content (AvgIpc) is 2.54. The van der Waals surface area contributed by atoms with Crippen LogP contribution in [0.4, 0.5) is 11.6 Å². The third kappa shape index (κ3) is 3.69. The first-order valence-electron chi connectivity index (χ1n) is 8.11. The van der Waals surface area contributed by atoms with Crippen molar-refractivity contribution >= 4 is 29.5 Å². The fourth-order valence-corrected chi connectivity index (χ4v) is 2.78. The van der Waals surface area contributed by atoms with E-state index in [1.165, 1.54) is 4.90 Å². The summed E-state index contributed by atoms with van der Waals surface area (Å²) in [7, 11) is 0. The van der Waals surface area contributed by atoms with Gasteiger partial charge < -0.3 is 14.8 Å². The highest BCUT2D eigenvalue weighted by atomic mass is 16.4. The number of carboxylic acids is 1. The maximum atomic E-state index is 12.0. The number of amides is 1. The average molecular weight is 352 g/mol.